The Hall–Kier alpha value is -2.03. The van der Waals surface area contributed by atoms with Crippen LogP contribution in [0.3, 0.4) is 0 Å². The summed E-state index contributed by atoms with van der Waals surface area (Å²) in [5.74, 6) is 1.76. The number of nitrogens with zero attached hydrogens (tertiary/aromatic N) is 1. The van der Waals surface area contributed by atoms with Crippen LogP contribution < -0.4 is 10.1 Å². The van der Waals surface area contributed by atoms with Gasteiger partial charge < -0.3 is 10.1 Å². The molecule has 1 heterocycles. The molecule has 0 unspecified atom stereocenters. The van der Waals surface area contributed by atoms with E-state index < -0.39 is 10.0 Å². The van der Waals surface area contributed by atoms with Crippen LogP contribution >= 0.6 is 11.8 Å². The molecule has 1 fully saturated rings. The fourth-order valence-corrected chi connectivity index (χ4v) is 5.37. The van der Waals surface area contributed by atoms with Crippen molar-refractivity contribution >= 4 is 27.7 Å². The van der Waals surface area contributed by atoms with Crippen LogP contribution in [0.15, 0.2) is 59.5 Å². The SMILES string of the molecule is O=C(CSCc1ccccc1)NCCOc1ccc(S(=O)(=O)N2CCCC2)cc1. The summed E-state index contributed by atoms with van der Waals surface area (Å²) in [6.07, 6.45) is 1.83. The topological polar surface area (TPSA) is 75.7 Å². The maximum Gasteiger partial charge on any atom is 0.243 e. The van der Waals surface area contributed by atoms with Crippen molar-refractivity contribution in [2.24, 2.45) is 0 Å². The normalized spacial score (nSPS) is 14.6. The van der Waals surface area contributed by atoms with Gasteiger partial charge in [-0.15, -0.1) is 11.8 Å². The Balaban J connectivity index is 1.34. The summed E-state index contributed by atoms with van der Waals surface area (Å²) in [6.45, 7) is 1.90. The lowest BCUT2D eigenvalue weighted by Gasteiger charge is -2.15. The molecule has 1 aliphatic heterocycles. The van der Waals surface area contributed by atoms with Gasteiger partial charge in [0.15, 0.2) is 0 Å². The van der Waals surface area contributed by atoms with E-state index in [4.69, 9.17) is 4.74 Å². The van der Waals surface area contributed by atoms with E-state index in [1.165, 1.54) is 9.87 Å². The number of carbonyl (C=O) groups excluding carboxylic acids is 1. The number of hydrogen-bond acceptors (Lipinski definition) is 5. The molecule has 3 rings (SSSR count). The fourth-order valence-electron chi connectivity index (χ4n) is 3.03. The number of hydrogen-bond donors (Lipinski definition) is 1. The van der Waals surface area contributed by atoms with Crippen molar-refractivity contribution in [3.05, 3.63) is 60.2 Å². The molecule has 8 heteroatoms. The molecule has 2 aromatic rings. The Morgan fingerprint density at radius 3 is 2.41 bits per heavy atom. The third-order valence-electron chi connectivity index (χ3n) is 4.56. The minimum atomic E-state index is -3.40. The second-order valence-electron chi connectivity index (χ2n) is 6.76. The predicted molar refractivity (Wildman–Crippen MR) is 116 cm³/mol. The van der Waals surface area contributed by atoms with Crippen LogP contribution in [0.2, 0.25) is 0 Å². The summed E-state index contributed by atoms with van der Waals surface area (Å²) in [5, 5.41) is 2.82. The minimum Gasteiger partial charge on any atom is -0.492 e. The van der Waals surface area contributed by atoms with Crippen molar-refractivity contribution in [1.82, 2.24) is 9.62 Å². The van der Waals surface area contributed by atoms with Gasteiger partial charge in [-0.1, -0.05) is 30.3 Å². The smallest absolute Gasteiger partial charge is 0.243 e. The number of carbonyl (C=O) groups is 1. The monoisotopic (exact) mass is 434 g/mol. The number of benzene rings is 2. The molecular weight excluding hydrogens is 408 g/mol. The van der Waals surface area contributed by atoms with Gasteiger partial charge in [-0.25, -0.2) is 8.42 Å². The average Bonchev–Trinajstić information content (AvgIpc) is 3.28. The second-order valence-corrected chi connectivity index (χ2v) is 9.68. The van der Waals surface area contributed by atoms with Crippen molar-refractivity contribution in [2.45, 2.75) is 23.5 Å². The lowest BCUT2D eigenvalue weighted by atomic mass is 10.2. The van der Waals surface area contributed by atoms with Crippen LogP contribution in [0.25, 0.3) is 0 Å². The molecule has 0 radical (unpaired) electrons. The molecule has 29 heavy (non-hydrogen) atoms. The van der Waals surface area contributed by atoms with E-state index in [1.807, 2.05) is 30.3 Å². The highest BCUT2D eigenvalue weighted by Gasteiger charge is 2.26. The highest BCUT2D eigenvalue weighted by molar-refractivity contribution is 7.99. The van der Waals surface area contributed by atoms with Crippen LogP contribution in [0, 0.1) is 0 Å². The Kier molecular flexibility index (Phi) is 7.97. The first-order valence-electron chi connectivity index (χ1n) is 9.67. The number of thioether (sulfide) groups is 1. The van der Waals surface area contributed by atoms with Gasteiger partial charge in [0.05, 0.1) is 17.2 Å². The zero-order valence-corrected chi connectivity index (χ0v) is 17.9. The molecule has 0 atom stereocenters. The molecule has 0 spiro atoms. The van der Waals surface area contributed by atoms with E-state index in [0.29, 0.717) is 37.7 Å². The molecule has 1 N–H and O–H groups in total. The standard InChI is InChI=1S/C21H26N2O4S2/c24-21(17-28-16-18-6-2-1-3-7-18)22-12-15-27-19-8-10-20(11-9-19)29(25,26)23-13-4-5-14-23/h1-3,6-11H,4-5,12-17H2,(H,22,24). The molecule has 1 aliphatic rings. The molecule has 156 valence electrons. The quantitative estimate of drug-likeness (QED) is 0.582. The molecule has 0 saturated carbocycles. The lowest BCUT2D eigenvalue weighted by Crippen LogP contribution is -2.29. The van der Waals surface area contributed by atoms with Crippen LogP contribution in [0.4, 0.5) is 0 Å². The minimum absolute atomic E-state index is 0.0263. The van der Waals surface area contributed by atoms with Crippen LogP contribution in [-0.2, 0) is 20.6 Å². The lowest BCUT2D eigenvalue weighted by molar-refractivity contribution is -0.118. The highest BCUT2D eigenvalue weighted by atomic mass is 32.2. The average molecular weight is 435 g/mol. The maximum atomic E-state index is 12.5. The van der Waals surface area contributed by atoms with Crippen molar-refractivity contribution in [2.75, 3.05) is 32.0 Å². The highest BCUT2D eigenvalue weighted by Crippen LogP contribution is 2.22. The van der Waals surface area contributed by atoms with Gasteiger partial charge in [0.2, 0.25) is 15.9 Å². The number of sulfonamides is 1. The van der Waals surface area contributed by atoms with Gasteiger partial charge >= 0.3 is 0 Å². The molecule has 1 amide bonds. The van der Waals surface area contributed by atoms with Gasteiger partial charge in [0.1, 0.15) is 12.4 Å². The third-order valence-corrected chi connectivity index (χ3v) is 7.48. The number of ether oxygens (including phenoxy) is 1. The number of nitrogens with one attached hydrogen (secondary N) is 1. The summed E-state index contributed by atoms with van der Waals surface area (Å²) >= 11 is 1.57. The first-order chi connectivity index (χ1) is 14.1. The molecule has 0 aromatic heterocycles. The predicted octanol–water partition coefficient (Wildman–Crippen LogP) is 2.90. The zero-order valence-electron chi connectivity index (χ0n) is 16.2. The van der Waals surface area contributed by atoms with Crippen molar-refractivity contribution in [3.8, 4) is 5.75 Å². The van der Waals surface area contributed by atoms with E-state index in [9.17, 15) is 13.2 Å². The van der Waals surface area contributed by atoms with E-state index >= 15 is 0 Å². The second kappa shape index (κ2) is 10.7. The first-order valence-corrected chi connectivity index (χ1v) is 12.3. The van der Waals surface area contributed by atoms with E-state index in [2.05, 4.69) is 5.32 Å². The summed E-state index contributed by atoms with van der Waals surface area (Å²) in [6, 6.07) is 16.5. The van der Waals surface area contributed by atoms with Crippen LogP contribution in [0.5, 0.6) is 5.75 Å². The van der Waals surface area contributed by atoms with Crippen molar-refractivity contribution < 1.29 is 17.9 Å². The van der Waals surface area contributed by atoms with E-state index in [-0.39, 0.29) is 10.8 Å². The Morgan fingerprint density at radius 1 is 1.03 bits per heavy atom. The Bertz CT molecular complexity index is 881. The van der Waals surface area contributed by atoms with Gasteiger partial charge in [-0.05, 0) is 42.7 Å². The van der Waals surface area contributed by atoms with Crippen molar-refractivity contribution in [3.63, 3.8) is 0 Å². The first kappa shape index (κ1) is 21.7. The zero-order chi connectivity index (χ0) is 20.5. The third kappa shape index (κ3) is 6.48. The molecule has 2 aromatic carbocycles. The van der Waals surface area contributed by atoms with Gasteiger partial charge in [-0.3, -0.25) is 4.79 Å². The largest absolute Gasteiger partial charge is 0.492 e. The van der Waals surface area contributed by atoms with Crippen molar-refractivity contribution in [1.29, 1.82) is 0 Å². The molecular formula is C21H26N2O4S2. The summed E-state index contributed by atoms with van der Waals surface area (Å²) in [5.41, 5.74) is 1.20. The Morgan fingerprint density at radius 2 is 1.72 bits per heavy atom. The van der Waals surface area contributed by atoms with Gasteiger partial charge in [-0.2, -0.15) is 4.31 Å². The van der Waals surface area contributed by atoms with Gasteiger partial charge in [0, 0.05) is 18.8 Å². The fraction of sp³-hybridized carbons (Fsp3) is 0.381. The van der Waals surface area contributed by atoms with Crippen LogP contribution in [-0.4, -0.2) is 50.6 Å². The van der Waals surface area contributed by atoms with E-state index in [0.717, 1.165) is 18.6 Å². The van der Waals surface area contributed by atoms with E-state index in [1.54, 1.807) is 36.0 Å². The Labute approximate surface area is 176 Å². The number of rotatable bonds is 10. The molecule has 1 saturated heterocycles. The molecule has 6 nitrogen and oxygen atoms in total. The summed E-state index contributed by atoms with van der Waals surface area (Å²) in [7, 11) is -3.40. The molecule has 0 bridgehead atoms. The summed E-state index contributed by atoms with van der Waals surface area (Å²) < 4.78 is 32.1. The van der Waals surface area contributed by atoms with Gasteiger partial charge in [0.25, 0.3) is 0 Å². The molecule has 0 aliphatic carbocycles. The summed E-state index contributed by atoms with van der Waals surface area (Å²) in [4.78, 5) is 12.2. The number of amides is 1. The maximum absolute atomic E-state index is 12.5. The van der Waals surface area contributed by atoms with Crippen LogP contribution in [0.1, 0.15) is 18.4 Å².